The molecule has 0 amide bonds. The van der Waals surface area contributed by atoms with Gasteiger partial charge in [-0.05, 0) is 24.3 Å². The largest absolute Gasteiger partial charge is 0.507 e. The van der Waals surface area contributed by atoms with Crippen LogP contribution in [-0.4, -0.2) is 10.1 Å². The second kappa shape index (κ2) is 6.03. The molecule has 106 valence electrons. The number of phenols is 1. The van der Waals surface area contributed by atoms with Crippen molar-refractivity contribution in [3.8, 4) is 5.75 Å². The lowest BCUT2D eigenvalue weighted by atomic mass is 10.1. The van der Waals surface area contributed by atoms with Crippen molar-refractivity contribution in [3.63, 3.8) is 0 Å². The number of hydrogen-bond acceptors (Lipinski definition) is 5. The standard InChI is InChI=1S/C16H15N3OS/c17-19-16-12(9-11-5-1-2-6-13(11)18-16)10-21-15-8-4-3-7-14(15)20/h1-9,20H,10,17H2,(H,18,19). The third-order valence-corrected chi connectivity index (χ3v) is 4.30. The van der Waals surface area contributed by atoms with Gasteiger partial charge in [0.2, 0.25) is 0 Å². The highest BCUT2D eigenvalue weighted by molar-refractivity contribution is 7.98. The summed E-state index contributed by atoms with van der Waals surface area (Å²) < 4.78 is 0. The highest BCUT2D eigenvalue weighted by Crippen LogP contribution is 2.32. The van der Waals surface area contributed by atoms with E-state index in [1.54, 1.807) is 17.8 Å². The van der Waals surface area contributed by atoms with Gasteiger partial charge in [-0.25, -0.2) is 10.8 Å². The summed E-state index contributed by atoms with van der Waals surface area (Å²) in [5.74, 6) is 7.20. The molecule has 4 nitrogen and oxygen atoms in total. The SMILES string of the molecule is NNc1nc2ccccc2cc1CSc1ccccc1O. The molecule has 0 radical (unpaired) electrons. The van der Waals surface area contributed by atoms with E-state index >= 15 is 0 Å². The van der Waals surface area contributed by atoms with Gasteiger partial charge in [0, 0.05) is 21.6 Å². The number of aromatic hydroxyl groups is 1. The molecule has 0 atom stereocenters. The Morgan fingerprint density at radius 2 is 1.86 bits per heavy atom. The van der Waals surface area contributed by atoms with Gasteiger partial charge in [0.05, 0.1) is 5.52 Å². The van der Waals surface area contributed by atoms with E-state index in [9.17, 15) is 5.11 Å². The van der Waals surface area contributed by atoms with E-state index in [2.05, 4.69) is 16.5 Å². The molecule has 0 saturated carbocycles. The minimum atomic E-state index is 0.290. The van der Waals surface area contributed by atoms with Crippen LogP contribution >= 0.6 is 11.8 Å². The maximum Gasteiger partial charge on any atom is 0.144 e. The number of benzene rings is 2. The van der Waals surface area contributed by atoms with E-state index in [4.69, 9.17) is 5.84 Å². The van der Waals surface area contributed by atoms with Gasteiger partial charge in [0.25, 0.3) is 0 Å². The Bertz CT molecular complexity index is 776. The second-order valence-electron chi connectivity index (χ2n) is 4.59. The van der Waals surface area contributed by atoms with Gasteiger partial charge in [-0.15, -0.1) is 11.8 Å². The molecule has 4 N–H and O–H groups in total. The molecule has 3 aromatic rings. The summed E-state index contributed by atoms with van der Waals surface area (Å²) in [5, 5.41) is 10.9. The van der Waals surface area contributed by atoms with E-state index in [1.807, 2.05) is 42.5 Å². The minimum Gasteiger partial charge on any atom is -0.507 e. The molecular formula is C16H15N3OS. The predicted molar refractivity (Wildman–Crippen MR) is 87.2 cm³/mol. The number of hydrazine groups is 1. The number of nitrogen functional groups attached to an aromatic ring is 1. The lowest BCUT2D eigenvalue weighted by Gasteiger charge is -2.10. The van der Waals surface area contributed by atoms with Gasteiger partial charge in [0.15, 0.2) is 0 Å². The van der Waals surface area contributed by atoms with Crippen LogP contribution in [0.25, 0.3) is 10.9 Å². The molecule has 1 aromatic heterocycles. The lowest BCUT2D eigenvalue weighted by molar-refractivity contribution is 0.462. The van der Waals surface area contributed by atoms with Gasteiger partial charge < -0.3 is 10.5 Å². The van der Waals surface area contributed by atoms with Crippen LogP contribution in [0.1, 0.15) is 5.56 Å². The van der Waals surface area contributed by atoms with Crippen LogP contribution < -0.4 is 11.3 Å². The van der Waals surface area contributed by atoms with Crippen molar-refractivity contribution in [3.05, 3.63) is 60.2 Å². The Balaban J connectivity index is 1.91. The minimum absolute atomic E-state index is 0.290. The van der Waals surface area contributed by atoms with E-state index in [-0.39, 0.29) is 0 Å². The van der Waals surface area contributed by atoms with Crippen LogP contribution in [0.5, 0.6) is 5.75 Å². The molecule has 0 aliphatic rings. The Labute approximate surface area is 127 Å². The van der Waals surface area contributed by atoms with Crippen LogP contribution in [0.2, 0.25) is 0 Å². The van der Waals surface area contributed by atoms with Crippen molar-refractivity contribution in [2.75, 3.05) is 5.43 Å². The van der Waals surface area contributed by atoms with Gasteiger partial charge in [0.1, 0.15) is 11.6 Å². The zero-order chi connectivity index (χ0) is 14.7. The number of fused-ring (bicyclic) bond motifs is 1. The van der Waals surface area contributed by atoms with Gasteiger partial charge in [-0.2, -0.15) is 0 Å². The summed E-state index contributed by atoms with van der Waals surface area (Å²) in [5.41, 5.74) is 4.56. The number of anilines is 1. The summed E-state index contributed by atoms with van der Waals surface area (Å²) in [4.78, 5) is 5.36. The number of nitrogens with one attached hydrogen (secondary N) is 1. The van der Waals surface area contributed by atoms with E-state index < -0.39 is 0 Å². The fourth-order valence-corrected chi connectivity index (χ4v) is 3.05. The fraction of sp³-hybridized carbons (Fsp3) is 0.0625. The number of nitrogens with zero attached hydrogens (tertiary/aromatic N) is 1. The number of thioether (sulfide) groups is 1. The average Bonchev–Trinajstić information content (AvgIpc) is 2.53. The molecule has 0 unspecified atom stereocenters. The summed E-state index contributed by atoms with van der Waals surface area (Å²) in [6.07, 6.45) is 0. The fourth-order valence-electron chi connectivity index (χ4n) is 2.13. The molecular weight excluding hydrogens is 282 g/mol. The van der Waals surface area contributed by atoms with Crippen molar-refractivity contribution in [1.29, 1.82) is 0 Å². The van der Waals surface area contributed by atoms with Gasteiger partial charge in [-0.3, -0.25) is 0 Å². The van der Waals surface area contributed by atoms with Gasteiger partial charge >= 0.3 is 0 Å². The number of para-hydroxylation sites is 2. The van der Waals surface area contributed by atoms with Crippen molar-refractivity contribution in [2.24, 2.45) is 5.84 Å². The first-order chi connectivity index (χ1) is 10.3. The quantitative estimate of drug-likeness (QED) is 0.390. The number of phenolic OH excluding ortho intramolecular Hbond substituents is 1. The Morgan fingerprint density at radius 3 is 2.67 bits per heavy atom. The maximum atomic E-state index is 9.81. The Hall–Kier alpha value is -2.24. The molecule has 3 rings (SSSR count). The van der Waals surface area contributed by atoms with Crippen LogP contribution in [0, 0.1) is 0 Å². The monoisotopic (exact) mass is 297 g/mol. The van der Waals surface area contributed by atoms with Crippen molar-refractivity contribution in [2.45, 2.75) is 10.6 Å². The highest BCUT2D eigenvalue weighted by atomic mass is 32.2. The van der Waals surface area contributed by atoms with E-state index in [1.165, 1.54) is 0 Å². The molecule has 5 heteroatoms. The normalized spacial score (nSPS) is 10.7. The summed E-state index contributed by atoms with van der Waals surface area (Å²) in [6, 6.07) is 17.3. The smallest absolute Gasteiger partial charge is 0.144 e. The molecule has 0 saturated heterocycles. The molecule has 21 heavy (non-hydrogen) atoms. The van der Waals surface area contributed by atoms with Crippen LogP contribution in [0.15, 0.2) is 59.5 Å². The Morgan fingerprint density at radius 1 is 1.10 bits per heavy atom. The summed E-state index contributed by atoms with van der Waals surface area (Å²) >= 11 is 1.55. The summed E-state index contributed by atoms with van der Waals surface area (Å²) in [7, 11) is 0. The van der Waals surface area contributed by atoms with E-state index in [0.717, 1.165) is 21.4 Å². The molecule has 1 heterocycles. The third-order valence-electron chi connectivity index (χ3n) is 3.19. The zero-order valence-electron chi connectivity index (χ0n) is 11.3. The van der Waals surface area contributed by atoms with Crippen molar-refractivity contribution < 1.29 is 5.11 Å². The lowest BCUT2D eigenvalue weighted by Crippen LogP contribution is -2.11. The number of rotatable bonds is 4. The molecule has 0 aliphatic carbocycles. The van der Waals surface area contributed by atoms with E-state index in [0.29, 0.717) is 17.3 Å². The molecule has 0 aliphatic heterocycles. The molecule has 2 aromatic carbocycles. The second-order valence-corrected chi connectivity index (χ2v) is 5.61. The topological polar surface area (TPSA) is 71.2 Å². The van der Waals surface area contributed by atoms with Crippen molar-refractivity contribution in [1.82, 2.24) is 4.98 Å². The summed E-state index contributed by atoms with van der Waals surface area (Å²) in [6.45, 7) is 0. The zero-order valence-corrected chi connectivity index (χ0v) is 12.1. The van der Waals surface area contributed by atoms with Crippen LogP contribution in [0.3, 0.4) is 0 Å². The first-order valence-electron chi connectivity index (χ1n) is 6.54. The number of hydrogen-bond donors (Lipinski definition) is 3. The predicted octanol–water partition coefficient (Wildman–Crippen LogP) is 3.52. The molecule has 0 bridgehead atoms. The number of nitrogens with two attached hydrogens (primary N) is 1. The Kier molecular flexibility index (Phi) is 3.94. The number of pyridine rings is 1. The van der Waals surface area contributed by atoms with Gasteiger partial charge in [-0.1, -0.05) is 30.3 Å². The van der Waals surface area contributed by atoms with Crippen LogP contribution in [0.4, 0.5) is 5.82 Å². The molecule has 0 spiro atoms. The maximum absolute atomic E-state index is 9.81. The highest BCUT2D eigenvalue weighted by Gasteiger charge is 2.08. The first kappa shape index (κ1) is 13.7. The third kappa shape index (κ3) is 2.94. The molecule has 0 fully saturated rings. The first-order valence-corrected chi connectivity index (χ1v) is 7.52. The average molecular weight is 297 g/mol. The van der Waals surface area contributed by atoms with Crippen molar-refractivity contribution >= 4 is 28.5 Å². The number of aromatic nitrogens is 1. The van der Waals surface area contributed by atoms with Crippen LogP contribution in [-0.2, 0) is 5.75 Å².